The molecule has 2 aromatic rings. The summed E-state index contributed by atoms with van der Waals surface area (Å²) in [7, 11) is 3.61. The van der Waals surface area contributed by atoms with Crippen LogP contribution in [0.1, 0.15) is 36.8 Å². The number of ether oxygens (including phenoxy) is 1. The minimum atomic E-state index is 0.0589. The molecule has 3 heterocycles. The van der Waals surface area contributed by atoms with Gasteiger partial charge in [0.1, 0.15) is 5.82 Å². The third-order valence-electron chi connectivity index (χ3n) is 4.69. The van der Waals surface area contributed by atoms with Crippen LogP contribution in [0.2, 0.25) is 0 Å². The van der Waals surface area contributed by atoms with Crippen molar-refractivity contribution in [3.63, 3.8) is 0 Å². The Morgan fingerprint density at radius 2 is 2.25 bits per heavy atom. The number of hydrogen-bond acceptors (Lipinski definition) is 4. The first kappa shape index (κ1) is 16.6. The molecule has 2 aromatic heterocycles. The summed E-state index contributed by atoms with van der Waals surface area (Å²) >= 11 is 0. The van der Waals surface area contributed by atoms with E-state index in [4.69, 9.17) is 9.72 Å². The average Bonchev–Trinajstić information content (AvgIpc) is 3.21. The van der Waals surface area contributed by atoms with Crippen LogP contribution in [-0.4, -0.2) is 45.6 Å². The van der Waals surface area contributed by atoms with Crippen molar-refractivity contribution in [2.45, 2.75) is 32.2 Å². The molecule has 0 aliphatic carbocycles. The summed E-state index contributed by atoms with van der Waals surface area (Å²) in [5.41, 5.74) is 2.84. The molecule has 0 radical (unpaired) electrons. The van der Waals surface area contributed by atoms with Crippen molar-refractivity contribution in [1.82, 2.24) is 19.4 Å². The van der Waals surface area contributed by atoms with Crippen molar-refractivity contribution in [1.29, 1.82) is 0 Å². The number of imidazole rings is 1. The zero-order chi connectivity index (χ0) is 17.1. The van der Waals surface area contributed by atoms with Gasteiger partial charge in [-0.05, 0) is 31.9 Å². The van der Waals surface area contributed by atoms with E-state index in [1.165, 1.54) is 0 Å². The van der Waals surface area contributed by atoms with Crippen LogP contribution >= 0.6 is 0 Å². The maximum atomic E-state index is 12.4. The Kier molecular flexibility index (Phi) is 4.94. The van der Waals surface area contributed by atoms with Gasteiger partial charge in [0.25, 0.3) is 0 Å². The number of methoxy groups -OCH3 is 1. The number of carbonyl (C=O) groups excluding carboxylic acids is 1. The monoisotopic (exact) mass is 328 g/mol. The number of likely N-dealkylation sites (tertiary alicyclic amines) is 1. The minimum absolute atomic E-state index is 0.0589. The molecule has 0 unspecified atom stereocenters. The Morgan fingerprint density at radius 1 is 1.42 bits per heavy atom. The van der Waals surface area contributed by atoms with Crippen LogP contribution in [-0.2, 0) is 16.6 Å². The number of nitrogens with zero attached hydrogens (tertiary/aromatic N) is 4. The Hall–Kier alpha value is -2.21. The molecule has 1 amide bonds. The van der Waals surface area contributed by atoms with Crippen LogP contribution in [0.3, 0.4) is 0 Å². The molecule has 0 N–H and O–H groups in total. The molecule has 1 aliphatic rings. The van der Waals surface area contributed by atoms with Crippen molar-refractivity contribution < 1.29 is 9.53 Å². The van der Waals surface area contributed by atoms with Gasteiger partial charge in [0.2, 0.25) is 5.91 Å². The molecule has 6 heteroatoms. The lowest BCUT2D eigenvalue weighted by Gasteiger charge is -2.24. The average molecular weight is 328 g/mol. The predicted molar refractivity (Wildman–Crippen MR) is 91.4 cm³/mol. The van der Waals surface area contributed by atoms with Gasteiger partial charge in [-0.3, -0.25) is 4.79 Å². The zero-order valence-corrected chi connectivity index (χ0v) is 14.5. The van der Waals surface area contributed by atoms with Crippen LogP contribution < -0.4 is 0 Å². The molecule has 0 spiro atoms. The standard InChI is InChI=1S/C18H24N4O2/c1-13-19-12-17(21(13)2)15-7-4-6-14(20-15)16-8-5-10-22(16)18(23)9-11-24-3/h4,6-7,12,16H,5,8-11H2,1-3H3/t16-/m0/s1. The van der Waals surface area contributed by atoms with Crippen LogP contribution in [0, 0.1) is 6.92 Å². The molecule has 3 rings (SSSR count). The third-order valence-corrected chi connectivity index (χ3v) is 4.69. The van der Waals surface area contributed by atoms with E-state index in [0.29, 0.717) is 13.0 Å². The summed E-state index contributed by atoms with van der Waals surface area (Å²) in [6.45, 7) is 3.23. The van der Waals surface area contributed by atoms with Crippen LogP contribution in [0.25, 0.3) is 11.4 Å². The number of aryl methyl sites for hydroxylation is 1. The van der Waals surface area contributed by atoms with Crippen LogP contribution in [0.4, 0.5) is 0 Å². The molecule has 1 aliphatic heterocycles. The molecule has 128 valence electrons. The Bertz CT molecular complexity index is 726. The molecular weight excluding hydrogens is 304 g/mol. The van der Waals surface area contributed by atoms with Gasteiger partial charge in [-0.25, -0.2) is 9.97 Å². The van der Waals surface area contributed by atoms with E-state index in [2.05, 4.69) is 4.98 Å². The largest absolute Gasteiger partial charge is 0.384 e. The summed E-state index contributed by atoms with van der Waals surface area (Å²) in [6.07, 6.45) is 4.24. The number of amides is 1. The van der Waals surface area contributed by atoms with E-state index in [-0.39, 0.29) is 11.9 Å². The summed E-state index contributed by atoms with van der Waals surface area (Å²) in [4.78, 5) is 23.5. The van der Waals surface area contributed by atoms with Gasteiger partial charge in [-0.15, -0.1) is 0 Å². The van der Waals surface area contributed by atoms with Crippen molar-refractivity contribution in [3.05, 3.63) is 35.9 Å². The Balaban J connectivity index is 1.85. The van der Waals surface area contributed by atoms with Gasteiger partial charge in [-0.2, -0.15) is 0 Å². The maximum absolute atomic E-state index is 12.4. The van der Waals surface area contributed by atoms with Gasteiger partial charge in [0.05, 0.1) is 42.3 Å². The first-order chi connectivity index (χ1) is 11.6. The van der Waals surface area contributed by atoms with Crippen molar-refractivity contribution >= 4 is 5.91 Å². The number of hydrogen-bond donors (Lipinski definition) is 0. The normalized spacial score (nSPS) is 17.5. The summed E-state index contributed by atoms with van der Waals surface area (Å²) in [6, 6.07) is 6.07. The topological polar surface area (TPSA) is 60.2 Å². The fourth-order valence-corrected chi connectivity index (χ4v) is 3.23. The molecule has 24 heavy (non-hydrogen) atoms. The van der Waals surface area contributed by atoms with E-state index in [1.54, 1.807) is 7.11 Å². The highest BCUT2D eigenvalue weighted by Crippen LogP contribution is 2.32. The maximum Gasteiger partial charge on any atom is 0.225 e. The Labute approximate surface area is 142 Å². The van der Waals surface area contributed by atoms with E-state index in [1.807, 2.05) is 47.8 Å². The third kappa shape index (κ3) is 3.19. The summed E-state index contributed by atoms with van der Waals surface area (Å²) < 4.78 is 7.06. The molecular formula is C18H24N4O2. The first-order valence-electron chi connectivity index (χ1n) is 8.36. The second-order valence-corrected chi connectivity index (χ2v) is 6.19. The lowest BCUT2D eigenvalue weighted by Crippen LogP contribution is -2.31. The van der Waals surface area contributed by atoms with E-state index in [9.17, 15) is 4.79 Å². The fraction of sp³-hybridized carbons (Fsp3) is 0.500. The summed E-state index contributed by atoms with van der Waals surface area (Å²) in [5.74, 6) is 1.09. The van der Waals surface area contributed by atoms with Crippen LogP contribution in [0.15, 0.2) is 24.4 Å². The molecule has 0 saturated carbocycles. The Morgan fingerprint density at radius 3 is 2.96 bits per heavy atom. The molecule has 0 bridgehead atoms. The second kappa shape index (κ2) is 7.13. The van der Waals surface area contributed by atoms with Gasteiger partial charge in [-0.1, -0.05) is 6.07 Å². The highest BCUT2D eigenvalue weighted by molar-refractivity contribution is 5.77. The van der Waals surface area contributed by atoms with E-state index in [0.717, 1.165) is 42.3 Å². The number of pyridine rings is 1. The van der Waals surface area contributed by atoms with Crippen molar-refractivity contribution in [2.75, 3.05) is 20.3 Å². The molecule has 1 fully saturated rings. The highest BCUT2D eigenvalue weighted by Gasteiger charge is 2.30. The van der Waals surface area contributed by atoms with E-state index < -0.39 is 0 Å². The molecule has 1 saturated heterocycles. The smallest absolute Gasteiger partial charge is 0.225 e. The predicted octanol–water partition coefficient (Wildman–Crippen LogP) is 2.49. The van der Waals surface area contributed by atoms with Gasteiger partial charge < -0.3 is 14.2 Å². The van der Waals surface area contributed by atoms with Gasteiger partial charge in [0.15, 0.2) is 0 Å². The van der Waals surface area contributed by atoms with Gasteiger partial charge in [0, 0.05) is 20.7 Å². The number of rotatable bonds is 5. The molecule has 0 aromatic carbocycles. The number of aromatic nitrogens is 3. The van der Waals surface area contributed by atoms with Crippen LogP contribution in [0.5, 0.6) is 0 Å². The zero-order valence-electron chi connectivity index (χ0n) is 14.5. The first-order valence-corrected chi connectivity index (χ1v) is 8.36. The quantitative estimate of drug-likeness (QED) is 0.846. The second-order valence-electron chi connectivity index (χ2n) is 6.19. The van der Waals surface area contributed by atoms with E-state index >= 15 is 0 Å². The van der Waals surface area contributed by atoms with Crippen molar-refractivity contribution in [2.24, 2.45) is 7.05 Å². The molecule has 1 atom stereocenters. The van der Waals surface area contributed by atoms with Crippen molar-refractivity contribution in [3.8, 4) is 11.4 Å². The summed E-state index contributed by atoms with van der Waals surface area (Å²) in [5, 5.41) is 0. The highest BCUT2D eigenvalue weighted by atomic mass is 16.5. The van der Waals surface area contributed by atoms with Gasteiger partial charge >= 0.3 is 0 Å². The lowest BCUT2D eigenvalue weighted by atomic mass is 10.1. The lowest BCUT2D eigenvalue weighted by molar-refractivity contribution is -0.133. The molecule has 6 nitrogen and oxygen atoms in total. The number of carbonyl (C=O) groups is 1. The minimum Gasteiger partial charge on any atom is -0.384 e. The fourth-order valence-electron chi connectivity index (χ4n) is 3.23. The SMILES string of the molecule is COCCC(=O)N1CCC[C@H]1c1cccc(-c2cnc(C)n2C)n1.